The zero-order valence-corrected chi connectivity index (χ0v) is 11.7. The highest BCUT2D eigenvalue weighted by molar-refractivity contribution is 5.89. The third-order valence-corrected chi connectivity index (χ3v) is 4.29. The Morgan fingerprint density at radius 1 is 1.50 bits per heavy atom. The Morgan fingerprint density at radius 3 is 3.00 bits per heavy atom. The summed E-state index contributed by atoms with van der Waals surface area (Å²) in [6, 6.07) is 5.98. The maximum absolute atomic E-state index is 11.3. The Bertz CT molecular complexity index is 673. The first kappa shape index (κ1) is 13.0. The Balaban J connectivity index is 2.19. The molecule has 2 aromatic rings. The number of aliphatic carboxylic acids is 1. The van der Waals surface area contributed by atoms with Crippen molar-refractivity contribution in [3.05, 3.63) is 29.5 Å². The van der Waals surface area contributed by atoms with Crippen molar-refractivity contribution in [2.24, 2.45) is 5.92 Å². The first-order valence-electron chi connectivity index (χ1n) is 7.24. The summed E-state index contributed by atoms with van der Waals surface area (Å²) in [5.74, 6) is -0.944. The standard InChI is InChI=1S/C16H20N2O2/c1-2-7-18-14-5-3-10(16(19)20)8-12(14)13-9-11(17)4-6-15(13)18/h4,6,9-10H,2-3,5,7-8,17H2,1H3,(H,19,20). The van der Waals surface area contributed by atoms with Crippen molar-refractivity contribution in [1.29, 1.82) is 0 Å². The molecule has 1 heterocycles. The molecular formula is C16H20N2O2. The molecule has 1 atom stereocenters. The summed E-state index contributed by atoms with van der Waals surface area (Å²) in [7, 11) is 0. The minimum Gasteiger partial charge on any atom is -0.481 e. The van der Waals surface area contributed by atoms with E-state index >= 15 is 0 Å². The van der Waals surface area contributed by atoms with E-state index in [0.29, 0.717) is 6.42 Å². The molecule has 0 fully saturated rings. The predicted molar refractivity (Wildman–Crippen MR) is 79.8 cm³/mol. The summed E-state index contributed by atoms with van der Waals surface area (Å²) in [5, 5.41) is 10.4. The topological polar surface area (TPSA) is 68.2 Å². The van der Waals surface area contributed by atoms with E-state index in [9.17, 15) is 9.90 Å². The molecule has 0 bridgehead atoms. The van der Waals surface area contributed by atoms with Crippen LogP contribution in [0.4, 0.5) is 5.69 Å². The van der Waals surface area contributed by atoms with Crippen LogP contribution in [-0.2, 0) is 24.2 Å². The van der Waals surface area contributed by atoms with Crippen LogP contribution in [0.5, 0.6) is 0 Å². The minimum atomic E-state index is -0.684. The number of hydrogen-bond donors (Lipinski definition) is 2. The van der Waals surface area contributed by atoms with Crippen LogP contribution < -0.4 is 5.73 Å². The lowest BCUT2D eigenvalue weighted by Gasteiger charge is -2.21. The number of carboxylic acid groups (broad SMARTS) is 1. The van der Waals surface area contributed by atoms with Gasteiger partial charge in [0.25, 0.3) is 0 Å². The van der Waals surface area contributed by atoms with E-state index in [1.807, 2.05) is 12.1 Å². The van der Waals surface area contributed by atoms with Crippen LogP contribution in [-0.4, -0.2) is 15.6 Å². The molecule has 0 saturated heterocycles. The monoisotopic (exact) mass is 272 g/mol. The van der Waals surface area contributed by atoms with Gasteiger partial charge in [0.15, 0.2) is 0 Å². The molecule has 4 nitrogen and oxygen atoms in total. The molecule has 0 spiro atoms. The normalized spacial score (nSPS) is 18.1. The Labute approximate surface area is 118 Å². The third-order valence-electron chi connectivity index (χ3n) is 4.29. The molecule has 1 aromatic carbocycles. The zero-order chi connectivity index (χ0) is 14.3. The third kappa shape index (κ3) is 1.96. The second-order valence-electron chi connectivity index (χ2n) is 5.63. The minimum absolute atomic E-state index is 0.260. The molecule has 3 rings (SSSR count). The van der Waals surface area contributed by atoms with Gasteiger partial charge in [-0.1, -0.05) is 6.92 Å². The van der Waals surface area contributed by atoms with E-state index < -0.39 is 5.97 Å². The maximum Gasteiger partial charge on any atom is 0.306 e. The van der Waals surface area contributed by atoms with E-state index in [4.69, 9.17) is 5.73 Å². The summed E-state index contributed by atoms with van der Waals surface area (Å²) in [4.78, 5) is 11.3. The lowest BCUT2D eigenvalue weighted by atomic mass is 9.86. The predicted octanol–water partition coefficient (Wildman–Crippen LogP) is 2.82. The van der Waals surface area contributed by atoms with Gasteiger partial charge < -0.3 is 15.4 Å². The average Bonchev–Trinajstić information content (AvgIpc) is 2.73. The van der Waals surface area contributed by atoms with Gasteiger partial charge >= 0.3 is 5.97 Å². The molecule has 0 radical (unpaired) electrons. The summed E-state index contributed by atoms with van der Waals surface area (Å²) in [6.07, 6.45) is 3.28. The number of carboxylic acids is 1. The quantitative estimate of drug-likeness (QED) is 0.844. The lowest BCUT2D eigenvalue weighted by molar-refractivity contribution is -0.142. The summed E-state index contributed by atoms with van der Waals surface area (Å²) in [6.45, 7) is 3.14. The number of benzene rings is 1. The lowest BCUT2D eigenvalue weighted by Crippen LogP contribution is -2.23. The van der Waals surface area contributed by atoms with E-state index in [1.54, 1.807) is 0 Å². The Hall–Kier alpha value is -1.97. The number of nitrogens with two attached hydrogens (primary N) is 1. The number of anilines is 1. The molecule has 1 unspecified atom stereocenters. The van der Waals surface area contributed by atoms with Gasteiger partial charge in [-0.2, -0.15) is 0 Å². The molecule has 0 amide bonds. The summed E-state index contributed by atoms with van der Waals surface area (Å²) >= 11 is 0. The Morgan fingerprint density at radius 2 is 2.30 bits per heavy atom. The molecule has 106 valence electrons. The molecule has 0 aliphatic heterocycles. The number of nitrogens with zero attached hydrogens (tertiary/aromatic N) is 1. The van der Waals surface area contributed by atoms with Crippen LogP contribution in [0.25, 0.3) is 10.9 Å². The van der Waals surface area contributed by atoms with Crippen LogP contribution in [0.1, 0.15) is 31.0 Å². The fourth-order valence-electron chi connectivity index (χ4n) is 3.36. The zero-order valence-electron chi connectivity index (χ0n) is 11.7. The van der Waals surface area contributed by atoms with Crippen molar-refractivity contribution in [3.63, 3.8) is 0 Å². The second-order valence-corrected chi connectivity index (χ2v) is 5.63. The van der Waals surface area contributed by atoms with Crippen molar-refractivity contribution < 1.29 is 9.90 Å². The SMILES string of the molecule is CCCn1c2c(c3cc(N)ccc31)CC(C(=O)O)CC2. The van der Waals surface area contributed by atoms with E-state index in [0.717, 1.165) is 36.9 Å². The molecular weight excluding hydrogens is 252 g/mol. The highest BCUT2D eigenvalue weighted by atomic mass is 16.4. The number of fused-ring (bicyclic) bond motifs is 3. The van der Waals surface area contributed by atoms with E-state index in [1.165, 1.54) is 16.8 Å². The number of hydrogen-bond acceptors (Lipinski definition) is 2. The van der Waals surface area contributed by atoms with Gasteiger partial charge in [-0.3, -0.25) is 4.79 Å². The van der Waals surface area contributed by atoms with Crippen molar-refractivity contribution in [3.8, 4) is 0 Å². The van der Waals surface area contributed by atoms with Crippen LogP contribution in [0.2, 0.25) is 0 Å². The molecule has 0 saturated carbocycles. The van der Waals surface area contributed by atoms with E-state index in [-0.39, 0.29) is 5.92 Å². The molecule has 1 aliphatic rings. The highest BCUT2D eigenvalue weighted by Gasteiger charge is 2.28. The first-order chi connectivity index (χ1) is 9.61. The average molecular weight is 272 g/mol. The van der Waals surface area contributed by atoms with Gasteiger partial charge in [0.05, 0.1) is 5.92 Å². The number of carbonyl (C=O) groups is 1. The van der Waals surface area contributed by atoms with Gasteiger partial charge in [-0.05, 0) is 49.4 Å². The Kier molecular flexibility index (Phi) is 3.16. The van der Waals surface area contributed by atoms with Gasteiger partial charge in [0.1, 0.15) is 0 Å². The number of aromatic nitrogens is 1. The maximum atomic E-state index is 11.3. The molecule has 4 heteroatoms. The van der Waals surface area contributed by atoms with Crippen LogP contribution in [0, 0.1) is 5.92 Å². The fourth-order valence-corrected chi connectivity index (χ4v) is 3.36. The summed E-state index contributed by atoms with van der Waals surface area (Å²) < 4.78 is 2.35. The van der Waals surface area contributed by atoms with Gasteiger partial charge in [0.2, 0.25) is 0 Å². The van der Waals surface area contributed by atoms with Crippen LogP contribution in [0.3, 0.4) is 0 Å². The molecule has 3 N–H and O–H groups in total. The molecule has 1 aromatic heterocycles. The number of nitrogen functional groups attached to an aromatic ring is 1. The van der Waals surface area contributed by atoms with Crippen molar-refractivity contribution in [1.82, 2.24) is 4.57 Å². The largest absolute Gasteiger partial charge is 0.481 e. The van der Waals surface area contributed by atoms with Crippen molar-refractivity contribution in [2.75, 3.05) is 5.73 Å². The smallest absolute Gasteiger partial charge is 0.306 e. The van der Waals surface area contributed by atoms with Crippen LogP contribution in [0.15, 0.2) is 18.2 Å². The van der Waals surface area contributed by atoms with Crippen molar-refractivity contribution in [2.45, 2.75) is 39.2 Å². The van der Waals surface area contributed by atoms with Crippen LogP contribution >= 0.6 is 0 Å². The van der Waals surface area contributed by atoms with Gasteiger partial charge in [-0.15, -0.1) is 0 Å². The first-order valence-corrected chi connectivity index (χ1v) is 7.24. The highest BCUT2D eigenvalue weighted by Crippen LogP contribution is 2.35. The second kappa shape index (κ2) is 4.85. The van der Waals surface area contributed by atoms with Gasteiger partial charge in [0, 0.05) is 28.8 Å². The van der Waals surface area contributed by atoms with Crippen molar-refractivity contribution >= 4 is 22.6 Å². The molecule has 1 aliphatic carbocycles. The fraction of sp³-hybridized carbons (Fsp3) is 0.438. The number of rotatable bonds is 3. The number of aryl methyl sites for hydroxylation is 1. The van der Waals surface area contributed by atoms with Gasteiger partial charge in [-0.25, -0.2) is 0 Å². The van der Waals surface area contributed by atoms with E-state index in [2.05, 4.69) is 17.6 Å². The summed E-state index contributed by atoms with van der Waals surface area (Å²) in [5.41, 5.74) is 10.3. The molecule has 20 heavy (non-hydrogen) atoms.